The van der Waals surface area contributed by atoms with E-state index in [1.54, 1.807) is 0 Å². The van der Waals surface area contributed by atoms with E-state index >= 15 is 0 Å². The number of hydrogen-bond acceptors (Lipinski definition) is 6. The van der Waals surface area contributed by atoms with Crippen LogP contribution >= 0.6 is 0 Å². The first-order valence-corrected chi connectivity index (χ1v) is 2.60. The van der Waals surface area contributed by atoms with E-state index in [0.717, 1.165) is 13.1 Å². The fourth-order valence-corrected chi connectivity index (χ4v) is 0. The van der Waals surface area contributed by atoms with Crippen molar-refractivity contribution in [2.45, 2.75) is 0 Å². The van der Waals surface area contributed by atoms with E-state index in [1.807, 2.05) is 0 Å². The van der Waals surface area contributed by atoms with Gasteiger partial charge < -0.3 is 42.1 Å². The Balaban J connectivity index is -0.000000101. The molecule has 0 aromatic rings. The SMILES string of the molecule is O=[N+]([O-])[O-].O=[N+]([O-])[O-].[NH3+]CC[NH3+]. The van der Waals surface area contributed by atoms with Gasteiger partial charge in [0.25, 0.3) is 0 Å². The van der Waals surface area contributed by atoms with E-state index in [9.17, 15) is 0 Å². The van der Waals surface area contributed by atoms with Crippen molar-refractivity contribution >= 4 is 0 Å². The summed E-state index contributed by atoms with van der Waals surface area (Å²) >= 11 is 0. The molecule has 0 aliphatic heterocycles. The molecule has 0 bridgehead atoms. The summed E-state index contributed by atoms with van der Waals surface area (Å²) < 4.78 is 0. The van der Waals surface area contributed by atoms with E-state index in [4.69, 9.17) is 30.6 Å². The quantitative estimate of drug-likeness (QED) is 0.323. The molecule has 0 saturated carbocycles. The van der Waals surface area contributed by atoms with Crippen LogP contribution in [0.3, 0.4) is 0 Å². The van der Waals surface area contributed by atoms with Crippen LogP contribution in [-0.4, -0.2) is 23.3 Å². The van der Waals surface area contributed by atoms with Crippen LogP contribution in [0.25, 0.3) is 0 Å². The third kappa shape index (κ3) is 964. The van der Waals surface area contributed by atoms with Gasteiger partial charge in [0, 0.05) is 0 Å². The van der Waals surface area contributed by atoms with Crippen LogP contribution in [0.4, 0.5) is 0 Å². The van der Waals surface area contributed by atoms with Gasteiger partial charge in [0.05, 0.1) is 10.2 Å². The van der Waals surface area contributed by atoms with Gasteiger partial charge in [0.1, 0.15) is 13.1 Å². The third-order valence-electron chi connectivity index (χ3n) is 0.250. The molecular formula is C2H10N4O6. The standard InChI is InChI=1S/C2H8N2.2NO3/c3-1-2-4;2*2-1(3)4/h1-4H2;;/q;2*-1/p+2. The molecule has 0 aliphatic carbocycles. The number of nitrogens with zero attached hydrogens (tertiary/aromatic N) is 2. The average Bonchev–Trinajstić information content (AvgIpc) is 1.85. The highest BCUT2D eigenvalue weighted by molar-refractivity contribution is 4.04. The summed E-state index contributed by atoms with van der Waals surface area (Å²) in [5.41, 5.74) is 7.08. The third-order valence-corrected chi connectivity index (χ3v) is 0.250. The minimum atomic E-state index is -1.75. The van der Waals surface area contributed by atoms with Crippen molar-refractivity contribution in [2.24, 2.45) is 0 Å². The zero-order valence-electron chi connectivity index (χ0n) is 6.17. The van der Waals surface area contributed by atoms with Gasteiger partial charge in [-0.15, -0.1) is 0 Å². The molecule has 0 radical (unpaired) electrons. The second kappa shape index (κ2) is 16.2. The maximum Gasteiger partial charge on any atom is 0.124 e. The smallest absolute Gasteiger partial charge is 0.124 e. The average molecular weight is 186 g/mol. The van der Waals surface area contributed by atoms with Crippen molar-refractivity contribution in [2.75, 3.05) is 13.1 Å². The lowest BCUT2D eigenvalue weighted by molar-refractivity contribution is -0.453. The maximum atomic E-state index is 8.25. The van der Waals surface area contributed by atoms with Crippen LogP contribution in [0, 0.1) is 30.6 Å². The lowest BCUT2D eigenvalue weighted by Gasteiger charge is -1.74. The van der Waals surface area contributed by atoms with Gasteiger partial charge in [-0.3, -0.25) is 0 Å². The molecule has 0 aromatic heterocycles. The van der Waals surface area contributed by atoms with Crippen LogP contribution in [0.5, 0.6) is 0 Å². The first kappa shape index (κ1) is 16.7. The van der Waals surface area contributed by atoms with Crippen LogP contribution in [0.2, 0.25) is 0 Å². The predicted molar refractivity (Wildman–Crippen MR) is 36.2 cm³/mol. The summed E-state index contributed by atoms with van der Waals surface area (Å²) in [7, 11) is 0. The molecule has 0 spiro atoms. The second-order valence-corrected chi connectivity index (χ2v) is 1.15. The Kier molecular flexibility index (Phi) is 22.5. The molecule has 0 atom stereocenters. The fourth-order valence-electron chi connectivity index (χ4n) is 0. The molecule has 0 aliphatic rings. The first-order valence-electron chi connectivity index (χ1n) is 2.60. The van der Waals surface area contributed by atoms with Crippen LogP contribution in [0.15, 0.2) is 0 Å². The highest BCUT2D eigenvalue weighted by Crippen LogP contribution is 1.44. The summed E-state index contributed by atoms with van der Waals surface area (Å²) in [4.78, 5) is 16.5. The van der Waals surface area contributed by atoms with E-state index in [-0.39, 0.29) is 0 Å². The fraction of sp³-hybridized carbons (Fsp3) is 1.00. The minimum Gasteiger partial charge on any atom is -0.356 e. The summed E-state index contributed by atoms with van der Waals surface area (Å²) in [6.45, 7) is 1.92. The summed E-state index contributed by atoms with van der Waals surface area (Å²) in [5, 5.41) is 29.5. The normalized spacial score (nSPS) is 6.50. The number of hydrogen-bond donors (Lipinski definition) is 2. The maximum absolute atomic E-state index is 8.25. The van der Waals surface area contributed by atoms with E-state index in [1.165, 1.54) is 0 Å². The van der Waals surface area contributed by atoms with E-state index in [0.29, 0.717) is 0 Å². The summed E-state index contributed by atoms with van der Waals surface area (Å²) in [6, 6.07) is 0. The summed E-state index contributed by atoms with van der Waals surface area (Å²) in [5.74, 6) is 0. The van der Waals surface area contributed by atoms with Crippen molar-refractivity contribution in [3.63, 3.8) is 0 Å². The Morgan fingerprint density at radius 3 is 0.917 bits per heavy atom. The Labute approximate surface area is 66.6 Å². The molecule has 0 heterocycles. The van der Waals surface area contributed by atoms with Gasteiger partial charge in [0.15, 0.2) is 0 Å². The molecule has 10 nitrogen and oxygen atoms in total. The molecule has 0 aromatic carbocycles. The minimum absolute atomic E-state index is 0.958. The Hall–Kier alpha value is -1.68. The molecular weight excluding hydrogens is 176 g/mol. The van der Waals surface area contributed by atoms with Gasteiger partial charge in [-0.2, -0.15) is 0 Å². The van der Waals surface area contributed by atoms with Crippen molar-refractivity contribution in [1.82, 2.24) is 0 Å². The molecule has 0 saturated heterocycles. The zero-order valence-corrected chi connectivity index (χ0v) is 6.17. The lowest BCUT2D eigenvalue weighted by Crippen LogP contribution is -2.64. The lowest BCUT2D eigenvalue weighted by atomic mass is 10.7. The highest BCUT2D eigenvalue weighted by Gasteiger charge is 1.63. The van der Waals surface area contributed by atoms with Crippen LogP contribution in [-0.2, 0) is 0 Å². The molecule has 0 rings (SSSR count). The summed E-state index contributed by atoms with van der Waals surface area (Å²) in [6.07, 6.45) is 0. The van der Waals surface area contributed by atoms with Crippen molar-refractivity contribution in [3.8, 4) is 0 Å². The number of rotatable bonds is 1. The van der Waals surface area contributed by atoms with Crippen LogP contribution in [0.1, 0.15) is 0 Å². The van der Waals surface area contributed by atoms with Gasteiger partial charge in [-0.25, -0.2) is 0 Å². The molecule has 0 fully saturated rings. The number of quaternary nitrogens is 2. The first-order chi connectivity index (χ1) is 5.38. The largest absolute Gasteiger partial charge is 0.356 e. The molecule has 12 heavy (non-hydrogen) atoms. The molecule has 0 amide bonds. The topological polar surface area (TPSA) is 188 Å². The molecule has 0 unspecified atom stereocenters. The van der Waals surface area contributed by atoms with Crippen molar-refractivity contribution in [1.29, 1.82) is 0 Å². The second-order valence-electron chi connectivity index (χ2n) is 1.15. The van der Waals surface area contributed by atoms with Gasteiger partial charge in [0.2, 0.25) is 0 Å². The Morgan fingerprint density at radius 1 is 0.833 bits per heavy atom. The van der Waals surface area contributed by atoms with Crippen molar-refractivity contribution in [3.05, 3.63) is 30.6 Å². The Bertz CT molecular complexity index is 94.1. The van der Waals surface area contributed by atoms with Crippen LogP contribution < -0.4 is 11.5 Å². The van der Waals surface area contributed by atoms with Gasteiger partial charge in [-0.1, -0.05) is 0 Å². The van der Waals surface area contributed by atoms with Gasteiger partial charge >= 0.3 is 0 Å². The van der Waals surface area contributed by atoms with E-state index in [2.05, 4.69) is 11.5 Å². The molecule has 10 heteroatoms. The van der Waals surface area contributed by atoms with Gasteiger partial charge in [-0.05, 0) is 0 Å². The molecule has 6 N–H and O–H groups in total. The highest BCUT2D eigenvalue weighted by atomic mass is 16.9. The van der Waals surface area contributed by atoms with E-state index < -0.39 is 10.2 Å². The monoisotopic (exact) mass is 186 g/mol. The predicted octanol–water partition coefficient (Wildman–Crippen LogP) is -3.01. The zero-order chi connectivity index (χ0) is 10.6. The Morgan fingerprint density at radius 2 is 0.917 bits per heavy atom. The van der Waals surface area contributed by atoms with Crippen molar-refractivity contribution < 1.29 is 21.6 Å². The molecule has 74 valence electrons.